The van der Waals surface area contributed by atoms with E-state index in [0.717, 1.165) is 30.6 Å². The number of hydrogen-bond donors (Lipinski definition) is 1. The summed E-state index contributed by atoms with van der Waals surface area (Å²) in [7, 11) is 1.96. The lowest BCUT2D eigenvalue weighted by Crippen LogP contribution is -2.35. The van der Waals surface area contributed by atoms with Gasteiger partial charge in [0.15, 0.2) is 0 Å². The number of nitrogens with zero attached hydrogens (tertiary/aromatic N) is 1. The van der Waals surface area contributed by atoms with E-state index in [1.165, 1.54) is 5.56 Å². The zero-order valence-corrected chi connectivity index (χ0v) is 13.4. The summed E-state index contributed by atoms with van der Waals surface area (Å²) in [6.07, 6.45) is 0.801. The molecule has 2 aromatic rings. The SMILES string of the molecule is CN(C(=O)c1ccccc1Cc1ccccc1)C1[C@H]2CNC[C@@H]12. The summed E-state index contributed by atoms with van der Waals surface area (Å²) in [5, 5.41) is 3.39. The molecule has 0 bridgehead atoms. The van der Waals surface area contributed by atoms with E-state index in [4.69, 9.17) is 0 Å². The first-order valence-corrected chi connectivity index (χ1v) is 8.35. The Balaban J connectivity index is 1.55. The van der Waals surface area contributed by atoms with Crippen LogP contribution < -0.4 is 5.32 Å². The molecule has 1 unspecified atom stereocenters. The van der Waals surface area contributed by atoms with Crippen molar-refractivity contribution < 1.29 is 4.79 Å². The van der Waals surface area contributed by atoms with E-state index in [-0.39, 0.29) is 5.91 Å². The predicted molar refractivity (Wildman–Crippen MR) is 91.4 cm³/mol. The Kier molecular flexibility index (Phi) is 3.66. The first-order chi connectivity index (χ1) is 11.3. The molecule has 118 valence electrons. The lowest BCUT2D eigenvalue weighted by Gasteiger charge is -2.21. The summed E-state index contributed by atoms with van der Waals surface area (Å²) in [6.45, 7) is 2.11. The predicted octanol–water partition coefficient (Wildman–Crippen LogP) is 2.57. The monoisotopic (exact) mass is 306 g/mol. The van der Waals surface area contributed by atoms with Gasteiger partial charge in [-0.2, -0.15) is 0 Å². The maximum atomic E-state index is 13.0. The number of fused-ring (bicyclic) bond motifs is 1. The van der Waals surface area contributed by atoms with Crippen molar-refractivity contribution in [3.63, 3.8) is 0 Å². The fourth-order valence-corrected chi connectivity index (χ4v) is 3.98. The first-order valence-electron chi connectivity index (χ1n) is 8.35. The van der Waals surface area contributed by atoms with E-state index in [0.29, 0.717) is 17.9 Å². The molecule has 1 N–H and O–H groups in total. The van der Waals surface area contributed by atoms with Gasteiger partial charge < -0.3 is 10.2 Å². The molecule has 2 aromatic carbocycles. The minimum absolute atomic E-state index is 0.163. The van der Waals surface area contributed by atoms with Gasteiger partial charge in [-0.15, -0.1) is 0 Å². The fraction of sp³-hybridized carbons (Fsp3) is 0.350. The number of piperidine rings is 1. The molecule has 1 amide bonds. The van der Waals surface area contributed by atoms with Crippen molar-refractivity contribution in [3.8, 4) is 0 Å². The number of carbonyl (C=O) groups is 1. The van der Waals surface area contributed by atoms with Gasteiger partial charge in [-0.1, -0.05) is 48.5 Å². The zero-order valence-electron chi connectivity index (χ0n) is 13.4. The average Bonchev–Trinajstić information content (AvgIpc) is 3.06. The molecule has 0 aromatic heterocycles. The number of benzene rings is 2. The van der Waals surface area contributed by atoms with Gasteiger partial charge in [-0.3, -0.25) is 4.79 Å². The third-order valence-electron chi connectivity index (χ3n) is 5.30. The molecule has 2 aliphatic rings. The molecular weight excluding hydrogens is 284 g/mol. The Morgan fingerprint density at radius 1 is 1.04 bits per heavy atom. The molecule has 1 saturated heterocycles. The Morgan fingerprint density at radius 3 is 2.43 bits per heavy atom. The smallest absolute Gasteiger partial charge is 0.254 e. The largest absolute Gasteiger partial charge is 0.338 e. The number of carbonyl (C=O) groups excluding carboxylic acids is 1. The quantitative estimate of drug-likeness (QED) is 0.941. The lowest BCUT2D eigenvalue weighted by atomic mass is 9.99. The Bertz CT molecular complexity index is 703. The van der Waals surface area contributed by atoms with Crippen LogP contribution in [0.3, 0.4) is 0 Å². The topological polar surface area (TPSA) is 32.3 Å². The Morgan fingerprint density at radius 2 is 1.70 bits per heavy atom. The van der Waals surface area contributed by atoms with E-state index in [2.05, 4.69) is 23.5 Å². The van der Waals surface area contributed by atoms with Crippen LogP contribution in [0, 0.1) is 11.8 Å². The molecule has 0 radical (unpaired) electrons. The molecule has 3 heteroatoms. The van der Waals surface area contributed by atoms with Crippen molar-refractivity contribution in [2.75, 3.05) is 20.1 Å². The van der Waals surface area contributed by atoms with Crippen LogP contribution in [-0.4, -0.2) is 37.0 Å². The van der Waals surface area contributed by atoms with Gasteiger partial charge in [-0.25, -0.2) is 0 Å². The van der Waals surface area contributed by atoms with Gasteiger partial charge in [0.25, 0.3) is 5.91 Å². The van der Waals surface area contributed by atoms with E-state index in [1.54, 1.807) is 0 Å². The number of amides is 1. The Labute approximate surface area is 137 Å². The van der Waals surface area contributed by atoms with Gasteiger partial charge in [0.2, 0.25) is 0 Å². The molecule has 0 spiro atoms. The lowest BCUT2D eigenvalue weighted by molar-refractivity contribution is 0.0768. The van der Waals surface area contributed by atoms with E-state index < -0.39 is 0 Å². The summed E-state index contributed by atoms with van der Waals surface area (Å²) in [4.78, 5) is 14.9. The first kappa shape index (κ1) is 14.5. The summed E-state index contributed by atoms with van der Waals surface area (Å²) in [6, 6.07) is 18.8. The van der Waals surface area contributed by atoms with Crippen LogP contribution in [0.4, 0.5) is 0 Å². The van der Waals surface area contributed by atoms with Gasteiger partial charge in [-0.05, 0) is 35.4 Å². The molecule has 1 aliphatic heterocycles. The second-order valence-electron chi connectivity index (χ2n) is 6.71. The van der Waals surface area contributed by atoms with Crippen molar-refractivity contribution in [2.24, 2.45) is 11.8 Å². The van der Waals surface area contributed by atoms with Crippen LogP contribution in [0.25, 0.3) is 0 Å². The van der Waals surface area contributed by atoms with Crippen molar-refractivity contribution in [1.29, 1.82) is 0 Å². The molecule has 23 heavy (non-hydrogen) atoms. The second-order valence-corrected chi connectivity index (χ2v) is 6.71. The van der Waals surface area contributed by atoms with Crippen molar-refractivity contribution in [2.45, 2.75) is 12.5 Å². The third kappa shape index (κ3) is 2.66. The molecule has 4 rings (SSSR count). The van der Waals surface area contributed by atoms with Crippen LogP contribution >= 0.6 is 0 Å². The number of hydrogen-bond acceptors (Lipinski definition) is 2. The Hall–Kier alpha value is -2.13. The van der Waals surface area contributed by atoms with Crippen molar-refractivity contribution >= 4 is 5.91 Å². The normalized spacial score (nSPS) is 25.0. The average molecular weight is 306 g/mol. The van der Waals surface area contributed by atoms with E-state index in [9.17, 15) is 4.79 Å². The van der Waals surface area contributed by atoms with Gasteiger partial charge in [0.05, 0.1) is 0 Å². The number of nitrogens with one attached hydrogen (secondary N) is 1. The minimum atomic E-state index is 0.163. The van der Waals surface area contributed by atoms with Crippen LogP contribution in [0.1, 0.15) is 21.5 Å². The maximum Gasteiger partial charge on any atom is 0.254 e. The van der Waals surface area contributed by atoms with Crippen LogP contribution in [0.15, 0.2) is 54.6 Å². The van der Waals surface area contributed by atoms with Gasteiger partial charge >= 0.3 is 0 Å². The third-order valence-corrected chi connectivity index (χ3v) is 5.30. The molecule has 3 nitrogen and oxygen atoms in total. The molecule has 3 atom stereocenters. The molecular formula is C20H22N2O. The summed E-state index contributed by atoms with van der Waals surface area (Å²) in [5.74, 6) is 1.48. The van der Waals surface area contributed by atoms with Crippen molar-refractivity contribution in [1.82, 2.24) is 10.2 Å². The maximum absolute atomic E-state index is 13.0. The van der Waals surface area contributed by atoms with Gasteiger partial charge in [0.1, 0.15) is 0 Å². The van der Waals surface area contributed by atoms with Gasteiger partial charge in [0, 0.05) is 31.7 Å². The van der Waals surface area contributed by atoms with E-state index in [1.807, 2.05) is 48.3 Å². The van der Waals surface area contributed by atoms with Crippen LogP contribution in [0.2, 0.25) is 0 Å². The molecule has 1 aliphatic carbocycles. The summed E-state index contributed by atoms with van der Waals surface area (Å²) in [5.41, 5.74) is 3.19. The van der Waals surface area contributed by atoms with E-state index >= 15 is 0 Å². The number of rotatable bonds is 4. The molecule has 1 heterocycles. The van der Waals surface area contributed by atoms with Crippen LogP contribution in [-0.2, 0) is 6.42 Å². The standard InChI is InChI=1S/C20H22N2O/c1-22(19-17-12-21-13-18(17)19)20(23)16-10-6-5-9-15(16)11-14-7-3-2-4-8-14/h2-10,17-19,21H,11-13H2,1H3/t17-,18+,19?. The summed E-state index contributed by atoms with van der Waals surface area (Å²) < 4.78 is 0. The van der Waals surface area contributed by atoms with Crippen molar-refractivity contribution in [3.05, 3.63) is 71.3 Å². The highest BCUT2D eigenvalue weighted by Gasteiger charge is 2.56. The summed E-state index contributed by atoms with van der Waals surface area (Å²) >= 11 is 0. The second kappa shape index (κ2) is 5.82. The highest BCUT2D eigenvalue weighted by Crippen LogP contribution is 2.45. The highest BCUT2D eigenvalue weighted by molar-refractivity contribution is 5.96. The molecule has 2 fully saturated rings. The minimum Gasteiger partial charge on any atom is -0.338 e. The molecule has 1 saturated carbocycles. The fourth-order valence-electron chi connectivity index (χ4n) is 3.98. The highest BCUT2D eigenvalue weighted by atomic mass is 16.2. The zero-order chi connectivity index (χ0) is 15.8. The van der Waals surface area contributed by atoms with Crippen LogP contribution in [0.5, 0.6) is 0 Å².